The number of H-pyrrole nitrogens is 1. The summed E-state index contributed by atoms with van der Waals surface area (Å²) in [6.45, 7) is -0.302. The maximum atomic E-state index is 11.3. The zero-order chi connectivity index (χ0) is 12.1. The van der Waals surface area contributed by atoms with E-state index in [9.17, 15) is 15.0 Å². The number of pyridine rings is 1. The van der Waals surface area contributed by atoms with Gasteiger partial charge in [0.05, 0.1) is 12.6 Å². The van der Waals surface area contributed by atoms with Gasteiger partial charge in [0, 0.05) is 21.1 Å². The first-order valence-electron chi connectivity index (χ1n) is 4.31. The third-order valence-electron chi connectivity index (χ3n) is 1.91. The highest BCUT2D eigenvalue weighted by molar-refractivity contribution is 9.10. The smallest absolute Gasteiger partial charge is 0.253 e. The van der Waals surface area contributed by atoms with Crippen LogP contribution in [0.4, 0.5) is 0 Å². The third kappa shape index (κ3) is 3.07. The molecule has 0 saturated carbocycles. The lowest BCUT2D eigenvalue weighted by atomic mass is 10.1. The minimum absolute atomic E-state index is 0.00927. The molecule has 0 aromatic carbocycles. The minimum Gasteiger partial charge on any atom is -0.390 e. The second-order valence-electron chi connectivity index (χ2n) is 3.03. The van der Waals surface area contributed by atoms with Gasteiger partial charge >= 0.3 is 0 Å². The first-order chi connectivity index (χ1) is 7.56. The lowest BCUT2D eigenvalue weighted by molar-refractivity contribution is 0.0235. The van der Waals surface area contributed by atoms with E-state index in [1.165, 1.54) is 12.3 Å². The predicted octanol–water partition coefficient (Wildman–Crippen LogP) is 0.842. The lowest BCUT2D eigenvalue weighted by Crippen LogP contribution is -2.27. The molecule has 1 aromatic rings. The Bertz CT molecular complexity index is 469. The molecule has 0 radical (unpaired) electrons. The fourth-order valence-electron chi connectivity index (χ4n) is 1.12. The number of aromatic amines is 1. The molecule has 0 spiro atoms. The molecule has 0 amide bonds. The standard InChI is InChI=1S/C8H9BrN4O3/c9-4-1-5(8(16)11-2-4)7(15)6(14)3-12-13-10/h1-2,6-7,14-15H,3H2,(H,11,16). The van der Waals surface area contributed by atoms with Crippen molar-refractivity contribution in [2.75, 3.05) is 6.54 Å². The van der Waals surface area contributed by atoms with Crippen LogP contribution in [0, 0.1) is 0 Å². The number of aromatic nitrogens is 1. The van der Waals surface area contributed by atoms with Crippen molar-refractivity contribution in [2.24, 2.45) is 5.11 Å². The summed E-state index contributed by atoms with van der Waals surface area (Å²) in [4.78, 5) is 16.2. The maximum absolute atomic E-state index is 11.3. The van der Waals surface area contributed by atoms with Gasteiger partial charge in [-0.1, -0.05) is 5.11 Å². The van der Waals surface area contributed by atoms with E-state index in [4.69, 9.17) is 5.53 Å². The molecule has 1 heterocycles. The topological polar surface area (TPSA) is 122 Å². The van der Waals surface area contributed by atoms with Crippen LogP contribution in [0.2, 0.25) is 0 Å². The summed E-state index contributed by atoms with van der Waals surface area (Å²) in [6, 6.07) is 1.39. The van der Waals surface area contributed by atoms with Crippen molar-refractivity contribution < 1.29 is 10.2 Å². The van der Waals surface area contributed by atoms with E-state index in [1.807, 2.05) is 0 Å². The van der Waals surface area contributed by atoms with Crippen molar-refractivity contribution in [2.45, 2.75) is 12.2 Å². The SMILES string of the molecule is [N-]=[N+]=NCC(O)C(O)c1cc(Br)c[nH]c1=O. The van der Waals surface area contributed by atoms with Crippen molar-refractivity contribution in [3.05, 3.63) is 43.1 Å². The minimum atomic E-state index is -1.40. The molecule has 1 aromatic heterocycles. The Balaban J connectivity index is 2.94. The van der Waals surface area contributed by atoms with Gasteiger partial charge in [-0.3, -0.25) is 4.79 Å². The highest BCUT2D eigenvalue weighted by Crippen LogP contribution is 2.16. The number of hydrogen-bond acceptors (Lipinski definition) is 4. The fraction of sp³-hybridized carbons (Fsp3) is 0.375. The summed E-state index contributed by atoms with van der Waals surface area (Å²) in [7, 11) is 0. The van der Waals surface area contributed by atoms with Crippen LogP contribution in [0.3, 0.4) is 0 Å². The molecule has 1 rings (SSSR count). The molecule has 86 valence electrons. The monoisotopic (exact) mass is 288 g/mol. The van der Waals surface area contributed by atoms with Crippen LogP contribution in [0.25, 0.3) is 10.4 Å². The Morgan fingerprint density at radius 3 is 2.94 bits per heavy atom. The molecule has 16 heavy (non-hydrogen) atoms. The highest BCUT2D eigenvalue weighted by atomic mass is 79.9. The van der Waals surface area contributed by atoms with Crippen LogP contribution in [-0.2, 0) is 0 Å². The van der Waals surface area contributed by atoms with Crippen molar-refractivity contribution in [3.63, 3.8) is 0 Å². The van der Waals surface area contributed by atoms with E-state index in [-0.39, 0.29) is 12.1 Å². The number of rotatable bonds is 4. The Morgan fingerprint density at radius 1 is 1.62 bits per heavy atom. The summed E-state index contributed by atoms with van der Waals surface area (Å²) in [5.41, 5.74) is 7.56. The van der Waals surface area contributed by atoms with Crippen LogP contribution in [0.15, 0.2) is 26.6 Å². The Kier molecular flexibility index (Phi) is 4.51. The van der Waals surface area contributed by atoms with Gasteiger partial charge in [0.15, 0.2) is 0 Å². The Morgan fingerprint density at radius 2 is 2.31 bits per heavy atom. The third-order valence-corrected chi connectivity index (χ3v) is 2.37. The van der Waals surface area contributed by atoms with Crippen LogP contribution in [0.5, 0.6) is 0 Å². The molecule has 0 bridgehead atoms. The second-order valence-corrected chi connectivity index (χ2v) is 3.94. The molecule has 3 N–H and O–H groups in total. The molecule has 2 unspecified atom stereocenters. The molecule has 7 nitrogen and oxygen atoms in total. The highest BCUT2D eigenvalue weighted by Gasteiger charge is 2.20. The zero-order valence-corrected chi connectivity index (χ0v) is 9.62. The van der Waals surface area contributed by atoms with Crippen molar-refractivity contribution >= 4 is 15.9 Å². The largest absolute Gasteiger partial charge is 0.390 e. The number of aliphatic hydroxyl groups excluding tert-OH is 2. The second kappa shape index (κ2) is 5.66. The van der Waals surface area contributed by atoms with Gasteiger partial charge < -0.3 is 15.2 Å². The van der Waals surface area contributed by atoms with Gasteiger partial charge in [-0.15, -0.1) is 0 Å². The molecule has 0 saturated heterocycles. The van der Waals surface area contributed by atoms with Crippen LogP contribution in [0.1, 0.15) is 11.7 Å². The summed E-state index contributed by atoms with van der Waals surface area (Å²) in [6.07, 6.45) is -1.30. The molecule has 0 aliphatic heterocycles. The number of azide groups is 1. The van der Waals surface area contributed by atoms with Crippen LogP contribution in [-0.4, -0.2) is 27.8 Å². The molecule has 0 aliphatic carbocycles. The maximum Gasteiger partial charge on any atom is 0.253 e. The number of halogens is 1. The van der Waals surface area contributed by atoms with Crippen molar-refractivity contribution in [1.82, 2.24) is 4.98 Å². The van der Waals surface area contributed by atoms with E-state index in [0.29, 0.717) is 4.47 Å². The van der Waals surface area contributed by atoms with Crippen molar-refractivity contribution in [1.29, 1.82) is 0 Å². The van der Waals surface area contributed by atoms with E-state index < -0.39 is 17.8 Å². The van der Waals surface area contributed by atoms with E-state index in [1.54, 1.807) is 0 Å². The van der Waals surface area contributed by atoms with Gasteiger partial charge in [-0.05, 0) is 27.5 Å². The van der Waals surface area contributed by atoms with Crippen LogP contribution < -0.4 is 5.56 Å². The summed E-state index contributed by atoms with van der Waals surface area (Å²) in [5.74, 6) is 0. The molecule has 0 fully saturated rings. The Hall–Kier alpha value is -1.34. The molecular weight excluding hydrogens is 280 g/mol. The van der Waals surface area contributed by atoms with Gasteiger partial charge in [0.25, 0.3) is 5.56 Å². The summed E-state index contributed by atoms with van der Waals surface area (Å²) in [5, 5.41) is 22.2. The Labute approximate surface area is 98.5 Å². The van der Waals surface area contributed by atoms with Gasteiger partial charge in [-0.25, -0.2) is 0 Å². The molecule has 8 heteroatoms. The number of nitrogens with one attached hydrogen (secondary N) is 1. The van der Waals surface area contributed by atoms with E-state index >= 15 is 0 Å². The summed E-state index contributed by atoms with van der Waals surface area (Å²) < 4.78 is 0.567. The van der Waals surface area contributed by atoms with Gasteiger partial charge in [-0.2, -0.15) is 0 Å². The normalized spacial score (nSPS) is 13.9. The number of nitrogens with zero attached hydrogens (tertiary/aromatic N) is 3. The van der Waals surface area contributed by atoms with E-state index in [2.05, 4.69) is 30.9 Å². The predicted molar refractivity (Wildman–Crippen MR) is 59.7 cm³/mol. The quantitative estimate of drug-likeness (QED) is 0.432. The molecule has 0 aliphatic rings. The van der Waals surface area contributed by atoms with Crippen LogP contribution >= 0.6 is 15.9 Å². The van der Waals surface area contributed by atoms with Gasteiger partial charge in [0.2, 0.25) is 0 Å². The van der Waals surface area contributed by atoms with Gasteiger partial charge in [0.1, 0.15) is 6.10 Å². The zero-order valence-electron chi connectivity index (χ0n) is 8.04. The molecule has 2 atom stereocenters. The van der Waals surface area contributed by atoms with Crippen molar-refractivity contribution in [3.8, 4) is 0 Å². The lowest BCUT2D eigenvalue weighted by Gasteiger charge is -2.15. The fourth-order valence-corrected chi connectivity index (χ4v) is 1.48. The molecular formula is C8H9BrN4O3. The number of aliphatic hydroxyl groups is 2. The average molecular weight is 289 g/mol. The first-order valence-corrected chi connectivity index (χ1v) is 5.10. The average Bonchev–Trinajstić information content (AvgIpc) is 2.28. The summed E-state index contributed by atoms with van der Waals surface area (Å²) >= 11 is 3.12. The first kappa shape index (κ1) is 12.7. The number of hydrogen-bond donors (Lipinski definition) is 3. The van der Waals surface area contributed by atoms with E-state index in [0.717, 1.165) is 0 Å².